The minimum Gasteiger partial charge on any atom is -0.267 e. The van der Waals surface area contributed by atoms with Gasteiger partial charge >= 0.3 is 0 Å². The Bertz CT molecular complexity index is 287. The molecule has 1 rings (SSSR count). The molecule has 1 heterocycles. The highest BCUT2D eigenvalue weighted by Crippen LogP contribution is 2.19. The first-order valence-corrected chi connectivity index (χ1v) is 4.67. The average Bonchev–Trinajstić information content (AvgIpc) is 2.30. The van der Waals surface area contributed by atoms with Crippen molar-refractivity contribution in [2.24, 2.45) is 5.41 Å². The summed E-state index contributed by atoms with van der Waals surface area (Å²) in [6.07, 6.45) is 0.0774. The average molecular weight is 202 g/mol. The minimum absolute atomic E-state index is 0.143. The summed E-state index contributed by atoms with van der Waals surface area (Å²) < 4.78 is 25.3. The number of hydrogen-bond donors (Lipinski definition) is 0. The molecule has 0 saturated heterocycles. The van der Waals surface area contributed by atoms with Crippen LogP contribution in [0.2, 0.25) is 0 Å². The van der Waals surface area contributed by atoms with Crippen LogP contribution in [0.5, 0.6) is 0 Å². The fourth-order valence-electron chi connectivity index (χ4n) is 1.28. The number of alkyl halides is 2. The molecule has 0 spiro atoms. The topological polar surface area (TPSA) is 17.8 Å². The molecule has 0 N–H and O–H groups in total. The van der Waals surface area contributed by atoms with Crippen molar-refractivity contribution in [2.75, 3.05) is 0 Å². The summed E-state index contributed by atoms with van der Waals surface area (Å²) in [5, 5.41) is 4.07. The predicted octanol–water partition coefficient (Wildman–Crippen LogP) is 2.74. The van der Waals surface area contributed by atoms with Crippen LogP contribution in [0.1, 0.15) is 26.5 Å². The van der Waals surface area contributed by atoms with Gasteiger partial charge in [0.25, 0.3) is 6.43 Å². The zero-order valence-electron chi connectivity index (χ0n) is 8.80. The lowest BCUT2D eigenvalue weighted by molar-refractivity contribution is 0.121. The smallest absolute Gasteiger partial charge is 0.257 e. The molecule has 0 aliphatic carbocycles. The molecule has 0 radical (unpaired) electrons. The molecule has 0 saturated carbocycles. The number of aromatic nitrogens is 2. The van der Waals surface area contributed by atoms with Gasteiger partial charge in [-0.1, -0.05) is 20.8 Å². The van der Waals surface area contributed by atoms with Gasteiger partial charge in [0.2, 0.25) is 0 Å². The second-order valence-corrected chi connectivity index (χ2v) is 4.66. The molecule has 0 fully saturated rings. The van der Waals surface area contributed by atoms with Gasteiger partial charge in [-0.3, -0.25) is 4.68 Å². The van der Waals surface area contributed by atoms with E-state index in [2.05, 4.69) is 25.9 Å². The second kappa shape index (κ2) is 4.07. The molecule has 0 aromatic carbocycles. The van der Waals surface area contributed by atoms with E-state index in [1.807, 2.05) is 0 Å². The highest BCUT2D eigenvalue weighted by atomic mass is 19.3. The third-order valence-corrected chi connectivity index (χ3v) is 1.73. The van der Waals surface area contributed by atoms with Gasteiger partial charge in [-0.25, -0.2) is 8.78 Å². The van der Waals surface area contributed by atoms with E-state index in [1.54, 1.807) is 12.3 Å². The maximum atomic E-state index is 12.0. The third kappa shape index (κ3) is 3.85. The molecule has 14 heavy (non-hydrogen) atoms. The fourth-order valence-corrected chi connectivity index (χ4v) is 1.28. The zero-order chi connectivity index (χ0) is 10.8. The van der Waals surface area contributed by atoms with Gasteiger partial charge in [0.05, 0.1) is 5.69 Å². The van der Waals surface area contributed by atoms with Crippen LogP contribution < -0.4 is 0 Å². The van der Waals surface area contributed by atoms with Gasteiger partial charge in [0, 0.05) is 6.20 Å². The highest BCUT2D eigenvalue weighted by Gasteiger charge is 2.13. The van der Waals surface area contributed by atoms with Crippen molar-refractivity contribution >= 4 is 0 Å². The Balaban J connectivity index is 2.60. The first kappa shape index (κ1) is 11.1. The molecule has 4 heteroatoms. The van der Waals surface area contributed by atoms with Crippen molar-refractivity contribution in [1.29, 1.82) is 0 Å². The van der Waals surface area contributed by atoms with E-state index >= 15 is 0 Å². The number of rotatable bonds is 3. The lowest BCUT2D eigenvalue weighted by Crippen LogP contribution is -2.11. The van der Waals surface area contributed by atoms with Gasteiger partial charge in [-0.15, -0.1) is 0 Å². The maximum Gasteiger partial charge on any atom is 0.257 e. The number of nitrogens with zero attached hydrogens (tertiary/aromatic N) is 2. The maximum absolute atomic E-state index is 12.0. The Hall–Kier alpha value is -0.930. The Labute approximate surface area is 82.9 Å². The van der Waals surface area contributed by atoms with E-state index in [0.717, 1.165) is 12.1 Å². The van der Waals surface area contributed by atoms with Crippen LogP contribution in [0.15, 0.2) is 12.3 Å². The van der Waals surface area contributed by atoms with E-state index in [9.17, 15) is 8.78 Å². The largest absolute Gasteiger partial charge is 0.267 e. The van der Waals surface area contributed by atoms with Crippen LogP contribution in [0.3, 0.4) is 0 Å². The molecule has 0 aliphatic heterocycles. The summed E-state index contributed by atoms with van der Waals surface area (Å²) in [4.78, 5) is 0. The quantitative estimate of drug-likeness (QED) is 0.737. The summed E-state index contributed by atoms with van der Waals surface area (Å²) in [5.74, 6) is 0. The third-order valence-electron chi connectivity index (χ3n) is 1.73. The van der Waals surface area contributed by atoms with Crippen LogP contribution in [-0.4, -0.2) is 16.2 Å². The molecule has 0 atom stereocenters. The molecular formula is C10H16F2N2. The molecule has 80 valence electrons. The molecule has 0 bridgehead atoms. The fraction of sp³-hybridized carbons (Fsp3) is 0.700. The van der Waals surface area contributed by atoms with Crippen molar-refractivity contribution in [3.05, 3.63) is 18.0 Å². The summed E-state index contributed by atoms with van der Waals surface area (Å²) in [7, 11) is 0. The molecule has 0 unspecified atom stereocenters. The Kier molecular flexibility index (Phi) is 3.24. The minimum atomic E-state index is -2.34. The first-order chi connectivity index (χ1) is 6.37. The summed E-state index contributed by atoms with van der Waals surface area (Å²) >= 11 is 0. The Morgan fingerprint density at radius 2 is 2.07 bits per heavy atom. The van der Waals surface area contributed by atoms with Crippen molar-refractivity contribution in [3.63, 3.8) is 0 Å². The molecule has 2 nitrogen and oxygen atoms in total. The predicted molar refractivity (Wildman–Crippen MR) is 51.4 cm³/mol. The summed E-state index contributed by atoms with van der Waals surface area (Å²) in [6, 6.07) is 1.80. The van der Waals surface area contributed by atoms with Gasteiger partial charge in [-0.2, -0.15) is 5.10 Å². The Morgan fingerprint density at radius 1 is 1.43 bits per heavy atom. The van der Waals surface area contributed by atoms with E-state index in [4.69, 9.17) is 0 Å². The van der Waals surface area contributed by atoms with E-state index in [0.29, 0.717) is 0 Å². The number of halogens is 2. The van der Waals surface area contributed by atoms with Crippen LogP contribution >= 0.6 is 0 Å². The molecule has 0 amide bonds. The van der Waals surface area contributed by atoms with Crippen molar-refractivity contribution in [3.8, 4) is 0 Å². The van der Waals surface area contributed by atoms with Crippen LogP contribution in [-0.2, 0) is 13.0 Å². The molecule has 1 aromatic rings. The summed E-state index contributed by atoms with van der Waals surface area (Å²) in [6.45, 7) is 5.97. The van der Waals surface area contributed by atoms with Gasteiger partial charge in [0.15, 0.2) is 0 Å². The monoisotopic (exact) mass is 202 g/mol. The van der Waals surface area contributed by atoms with E-state index in [-0.39, 0.29) is 12.0 Å². The van der Waals surface area contributed by atoms with E-state index in [1.165, 1.54) is 4.68 Å². The molecule has 1 aromatic heterocycles. The van der Waals surface area contributed by atoms with Crippen molar-refractivity contribution < 1.29 is 8.78 Å². The number of hydrogen-bond acceptors (Lipinski definition) is 1. The van der Waals surface area contributed by atoms with Crippen LogP contribution in [0.4, 0.5) is 8.78 Å². The van der Waals surface area contributed by atoms with Crippen LogP contribution in [0.25, 0.3) is 0 Å². The SMILES string of the molecule is CC(C)(C)Cc1ccn(CC(F)F)n1. The second-order valence-electron chi connectivity index (χ2n) is 4.66. The highest BCUT2D eigenvalue weighted by molar-refractivity contribution is 5.01. The zero-order valence-corrected chi connectivity index (χ0v) is 8.80. The standard InChI is InChI=1S/C10H16F2N2/c1-10(2,3)6-8-4-5-14(13-8)7-9(11)12/h4-5,9H,6-7H2,1-3H3. The summed E-state index contributed by atoms with van der Waals surface area (Å²) in [5.41, 5.74) is 1.02. The van der Waals surface area contributed by atoms with Crippen LogP contribution in [0, 0.1) is 5.41 Å². The molecule has 0 aliphatic rings. The first-order valence-electron chi connectivity index (χ1n) is 4.67. The Morgan fingerprint density at radius 3 is 2.57 bits per heavy atom. The molecular weight excluding hydrogens is 186 g/mol. The normalized spacial score (nSPS) is 12.4. The van der Waals surface area contributed by atoms with Gasteiger partial charge in [-0.05, 0) is 17.9 Å². The van der Waals surface area contributed by atoms with Crippen molar-refractivity contribution in [2.45, 2.75) is 40.2 Å². The van der Waals surface area contributed by atoms with Gasteiger partial charge in [0.1, 0.15) is 6.54 Å². The lowest BCUT2D eigenvalue weighted by atomic mass is 9.91. The van der Waals surface area contributed by atoms with Crippen molar-refractivity contribution in [1.82, 2.24) is 9.78 Å². The lowest BCUT2D eigenvalue weighted by Gasteiger charge is -2.15. The van der Waals surface area contributed by atoms with Gasteiger partial charge < -0.3 is 0 Å². The van der Waals surface area contributed by atoms with E-state index < -0.39 is 6.43 Å².